The fourth-order valence-electron chi connectivity index (χ4n) is 3.45. The number of halogens is 2. The Labute approximate surface area is 179 Å². The average molecular weight is 458 g/mol. The van der Waals surface area contributed by atoms with Crippen LogP contribution in [0.5, 0.6) is 5.75 Å². The van der Waals surface area contributed by atoms with Crippen molar-refractivity contribution in [3.8, 4) is 28.1 Å². The van der Waals surface area contributed by atoms with Gasteiger partial charge in [0, 0.05) is 28.9 Å². The maximum absolute atomic E-state index is 5.96. The minimum Gasteiger partial charge on any atom is -0.491 e. The van der Waals surface area contributed by atoms with Crippen molar-refractivity contribution in [3.05, 3.63) is 70.3 Å². The molecule has 0 radical (unpaired) electrons. The van der Waals surface area contributed by atoms with E-state index in [0.29, 0.717) is 6.61 Å². The molecule has 0 atom stereocenters. The van der Waals surface area contributed by atoms with Gasteiger partial charge < -0.3 is 4.74 Å². The quantitative estimate of drug-likeness (QED) is 0.434. The van der Waals surface area contributed by atoms with E-state index in [1.807, 2.05) is 42.6 Å². The third-order valence-electron chi connectivity index (χ3n) is 5.03. The number of hydrogen-bond acceptors (Lipinski definition) is 3. The second-order valence-corrected chi connectivity index (χ2v) is 8.27. The molecular formula is C23H22BrClN2O. The van der Waals surface area contributed by atoms with Gasteiger partial charge in [-0.15, -0.1) is 0 Å². The van der Waals surface area contributed by atoms with Crippen molar-refractivity contribution >= 4 is 27.5 Å². The van der Waals surface area contributed by atoms with E-state index in [-0.39, 0.29) is 0 Å². The summed E-state index contributed by atoms with van der Waals surface area (Å²) in [5.41, 5.74) is 4.16. The lowest BCUT2D eigenvalue weighted by Gasteiger charge is -2.15. The number of nitrogens with zero attached hydrogens (tertiary/aromatic N) is 2. The van der Waals surface area contributed by atoms with E-state index >= 15 is 0 Å². The van der Waals surface area contributed by atoms with E-state index in [2.05, 4.69) is 44.0 Å². The minimum absolute atomic E-state index is 0.714. The molecular weight excluding hydrogens is 436 g/mol. The van der Waals surface area contributed by atoms with Crippen molar-refractivity contribution in [1.82, 2.24) is 9.88 Å². The van der Waals surface area contributed by atoms with E-state index in [4.69, 9.17) is 16.3 Å². The Kier molecular flexibility index (Phi) is 6.30. The Morgan fingerprint density at radius 3 is 2.32 bits per heavy atom. The molecule has 0 aliphatic carbocycles. The van der Waals surface area contributed by atoms with E-state index < -0.39 is 0 Å². The van der Waals surface area contributed by atoms with Crippen molar-refractivity contribution in [2.45, 2.75) is 12.8 Å². The lowest BCUT2D eigenvalue weighted by molar-refractivity contribution is 0.237. The fraction of sp³-hybridized carbons (Fsp3) is 0.261. The summed E-state index contributed by atoms with van der Waals surface area (Å²) < 4.78 is 6.91. The highest BCUT2D eigenvalue weighted by Crippen LogP contribution is 2.31. The van der Waals surface area contributed by atoms with Crippen LogP contribution in [0.4, 0.5) is 0 Å². The molecule has 1 fully saturated rings. The summed E-state index contributed by atoms with van der Waals surface area (Å²) in [5, 5.41) is 0.737. The molecule has 1 aliphatic rings. The molecule has 2 heterocycles. The molecule has 5 heteroatoms. The maximum Gasteiger partial charge on any atom is 0.133 e. The molecule has 1 aromatic heterocycles. The molecule has 3 aromatic rings. The van der Waals surface area contributed by atoms with Gasteiger partial charge >= 0.3 is 0 Å². The third kappa shape index (κ3) is 4.75. The molecule has 144 valence electrons. The topological polar surface area (TPSA) is 25.4 Å². The van der Waals surface area contributed by atoms with Crippen molar-refractivity contribution < 1.29 is 4.74 Å². The highest BCUT2D eigenvalue weighted by atomic mass is 79.9. The van der Waals surface area contributed by atoms with Gasteiger partial charge in [0.05, 0.1) is 10.2 Å². The largest absolute Gasteiger partial charge is 0.491 e. The van der Waals surface area contributed by atoms with Gasteiger partial charge in [-0.2, -0.15) is 0 Å². The number of pyridine rings is 1. The molecule has 0 spiro atoms. The first-order valence-electron chi connectivity index (χ1n) is 9.56. The van der Waals surface area contributed by atoms with Crippen LogP contribution < -0.4 is 4.74 Å². The highest BCUT2D eigenvalue weighted by Gasteiger charge is 2.12. The second-order valence-electron chi connectivity index (χ2n) is 6.98. The zero-order valence-electron chi connectivity index (χ0n) is 15.6. The Morgan fingerprint density at radius 1 is 0.929 bits per heavy atom. The molecule has 2 aromatic carbocycles. The second kappa shape index (κ2) is 9.08. The monoisotopic (exact) mass is 456 g/mol. The Balaban J connectivity index is 1.42. The van der Waals surface area contributed by atoms with Crippen LogP contribution in [-0.2, 0) is 0 Å². The van der Waals surface area contributed by atoms with E-state index in [9.17, 15) is 0 Å². The van der Waals surface area contributed by atoms with Crippen LogP contribution in [-0.4, -0.2) is 36.1 Å². The summed E-state index contributed by atoms with van der Waals surface area (Å²) >= 11 is 9.60. The predicted octanol–water partition coefficient (Wildman–Crippen LogP) is 6.31. The smallest absolute Gasteiger partial charge is 0.133 e. The normalized spacial score (nSPS) is 14.4. The number of benzene rings is 2. The minimum atomic E-state index is 0.714. The van der Waals surface area contributed by atoms with Gasteiger partial charge in [-0.1, -0.05) is 29.8 Å². The Hall–Kier alpha value is -1.88. The first-order valence-corrected chi connectivity index (χ1v) is 10.7. The summed E-state index contributed by atoms with van der Waals surface area (Å²) in [6.07, 6.45) is 4.51. The lowest BCUT2D eigenvalue weighted by atomic mass is 10.1. The van der Waals surface area contributed by atoms with Crippen molar-refractivity contribution in [1.29, 1.82) is 0 Å². The van der Waals surface area contributed by atoms with Gasteiger partial charge in [0.15, 0.2) is 0 Å². The van der Waals surface area contributed by atoms with E-state index in [0.717, 1.165) is 44.2 Å². The number of aromatic nitrogens is 1. The van der Waals surface area contributed by atoms with Crippen LogP contribution in [0.3, 0.4) is 0 Å². The highest BCUT2D eigenvalue weighted by molar-refractivity contribution is 9.10. The number of hydrogen-bond donors (Lipinski definition) is 0. The molecule has 4 rings (SSSR count). The number of rotatable bonds is 6. The van der Waals surface area contributed by atoms with E-state index in [1.54, 1.807) is 0 Å². The summed E-state index contributed by atoms with van der Waals surface area (Å²) in [6.45, 7) is 4.09. The number of likely N-dealkylation sites (tertiary alicyclic amines) is 1. The zero-order chi connectivity index (χ0) is 19.3. The van der Waals surface area contributed by atoms with Crippen LogP contribution in [0.25, 0.3) is 22.4 Å². The zero-order valence-corrected chi connectivity index (χ0v) is 17.9. The van der Waals surface area contributed by atoms with Crippen molar-refractivity contribution in [2.75, 3.05) is 26.2 Å². The van der Waals surface area contributed by atoms with Crippen LogP contribution in [0.2, 0.25) is 5.02 Å². The van der Waals surface area contributed by atoms with Gasteiger partial charge in [0.25, 0.3) is 0 Å². The molecule has 0 saturated carbocycles. The molecule has 0 bridgehead atoms. The van der Waals surface area contributed by atoms with Gasteiger partial charge in [0.1, 0.15) is 12.4 Å². The lowest BCUT2D eigenvalue weighted by Crippen LogP contribution is -2.25. The first-order chi connectivity index (χ1) is 13.7. The summed E-state index contributed by atoms with van der Waals surface area (Å²) in [6, 6.07) is 18.1. The number of ether oxygens (including phenoxy) is 1. The molecule has 0 unspecified atom stereocenters. The summed E-state index contributed by atoms with van der Waals surface area (Å²) in [4.78, 5) is 7.08. The molecule has 3 nitrogen and oxygen atoms in total. The third-order valence-corrected chi connectivity index (χ3v) is 5.90. The maximum atomic E-state index is 5.96. The molecule has 28 heavy (non-hydrogen) atoms. The van der Waals surface area contributed by atoms with Gasteiger partial charge in [-0.3, -0.25) is 9.88 Å². The van der Waals surface area contributed by atoms with E-state index in [1.165, 1.54) is 25.9 Å². The molecule has 0 amide bonds. The standard InChI is InChI=1S/C23H22BrClN2O/c24-21-15-18(6-10-23(21)28-14-13-27-11-1-2-12-27)22-9-5-19(16-26-22)17-3-7-20(25)8-4-17/h3-10,15-16H,1-2,11-14H2. The Bertz CT molecular complexity index is 922. The van der Waals surface area contributed by atoms with Crippen molar-refractivity contribution in [2.24, 2.45) is 0 Å². The van der Waals surface area contributed by atoms with Crippen molar-refractivity contribution in [3.63, 3.8) is 0 Å². The van der Waals surface area contributed by atoms with Gasteiger partial charge in [-0.25, -0.2) is 0 Å². The molecule has 1 saturated heterocycles. The predicted molar refractivity (Wildman–Crippen MR) is 119 cm³/mol. The van der Waals surface area contributed by atoms with Crippen LogP contribution in [0.15, 0.2) is 65.3 Å². The van der Waals surface area contributed by atoms with Crippen LogP contribution in [0, 0.1) is 0 Å². The van der Waals surface area contributed by atoms with Gasteiger partial charge in [0.2, 0.25) is 0 Å². The molecule has 0 N–H and O–H groups in total. The molecule has 1 aliphatic heterocycles. The fourth-order valence-corrected chi connectivity index (χ4v) is 4.07. The summed E-state index contributed by atoms with van der Waals surface area (Å²) in [7, 11) is 0. The van der Waals surface area contributed by atoms with Crippen LogP contribution >= 0.6 is 27.5 Å². The first kappa shape index (κ1) is 19.4. The van der Waals surface area contributed by atoms with Crippen LogP contribution in [0.1, 0.15) is 12.8 Å². The Morgan fingerprint density at radius 2 is 1.64 bits per heavy atom. The summed E-state index contributed by atoms with van der Waals surface area (Å²) in [5.74, 6) is 0.876. The average Bonchev–Trinajstić information content (AvgIpc) is 3.23. The van der Waals surface area contributed by atoms with Gasteiger partial charge in [-0.05, 0) is 83.8 Å². The SMILES string of the molecule is Clc1ccc(-c2ccc(-c3ccc(OCCN4CCCC4)c(Br)c3)nc2)cc1.